The molecular formula is C8H14N4O3S. The molecule has 1 heterocycles. The number of aromatic nitrogens is 2. The van der Waals surface area contributed by atoms with Crippen LogP contribution in [0.4, 0.5) is 11.6 Å². The molecule has 0 amide bonds. The summed E-state index contributed by atoms with van der Waals surface area (Å²) in [6.07, 6.45) is 2.96. The maximum atomic E-state index is 11.0. The molecule has 0 fully saturated rings. The van der Waals surface area contributed by atoms with Crippen molar-refractivity contribution in [1.82, 2.24) is 9.55 Å². The van der Waals surface area contributed by atoms with Crippen LogP contribution in [0, 0.1) is 10.1 Å². The third kappa shape index (κ3) is 3.02. The highest BCUT2D eigenvalue weighted by molar-refractivity contribution is 7.84. The second-order valence-corrected chi connectivity index (χ2v) is 5.05. The Morgan fingerprint density at radius 3 is 2.88 bits per heavy atom. The molecule has 0 radical (unpaired) electrons. The van der Waals surface area contributed by atoms with Gasteiger partial charge in [0.25, 0.3) is 0 Å². The first kappa shape index (κ1) is 12.6. The predicted octanol–water partition coefficient (Wildman–Crippen LogP) is 0.507. The number of nitrogens with one attached hydrogen (secondary N) is 1. The Kier molecular flexibility index (Phi) is 3.99. The van der Waals surface area contributed by atoms with Crippen molar-refractivity contribution >= 4 is 22.4 Å². The van der Waals surface area contributed by atoms with E-state index < -0.39 is 15.7 Å². The zero-order valence-corrected chi connectivity index (χ0v) is 10.2. The lowest BCUT2D eigenvalue weighted by Gasteiger charge is -2.12. The van der Waals surface area contributed by atoms with Gasteiger partial charge in [0.2, 0.25) is 12.1 Å². The minimum Gasteiger partial charge on any atom is -0.361 e. The highest BCUT2D eigenvalue weighted by atomic mass is 32.2. The molecule has 90 valence electrons. The SMILES string of the molecule is CC(CS(C)=O)Nc1c([N+](=O)[O-])ncn1C. The summed E-state index contributed by atoms with van der Waals surface area (Å²) in [7, 11) is 0.722. The number of imidazole rings is 1. The summed E-state index contributed by atoms with van der Waals surface area (Å²) in [6.45, 7) is 1.82. The van der Waals surface area contributed by atoms with Gasteiger partial charge in [0.05, 0.1) is 0 Å². The maximum Gasteiger partial charge on any atom is 0.406 e. The van der Waals surface area contributed by atoms with Crippen molar-refractivity contribution in [2.45, 2.75) is 13.0 Å². The number of rotatable bonds is 5. The van der Waals surface area contributed by atoms with E-state index in [2.05, 4.69) is 10.3 Å². The van der Waals surface area contributed by atoms with Gasteiger partial charge < -0.3 is 15.4 Å². The lowest BCUT2D eigenvalue weighted by molar-refractivity contribution is -0.388. The van der Waals surface area contributed by atoms with Crippen LogP contribution in [0.3, 0.4) is 0 Å². The quantitative estimate of drug-likeness (QED) is 0.603. The first-order valence-electron chi connectivity index (χ1n) is 4.64. The van der Waals surface area contributed by atoms with Gasteiger partial charge in [0.1, 0.15) is 0 Å². The molecule has 8 heteroatoms. The van der Waals surface area contributed by atoms with Crippen molar-refractivity contribution < 1.29 is 9.13 Å². The van der Waals surface area contributed by atoms with Gasteiger partial charge >= 0.3 is 5.82 Å². The van der Waals surface area contributed by atoms with Crippen molar-refractivity contribution in [2.75, 3.05) is 17.3 Å². The maximum absolute atomic E-state index is 11.0. The molecule has 0 saturated carbocycles. The van der Waals surface area contributed by atoms with Crippen LogP contribution in [-0.4, -0.2) is 36.7 Å². The fourth-order valence-corrected chi connectivity index (χ4v) is 2.13. The van der Waals surface area contributed by atoms with Gasteiger partial charge in [-0.25, -0.2) is 0 Å². The van der Waals surface area contributed by atoms with Gasteiger partial charge in [-0.2, -0.15) is 0 Å². The molecule has 1 aromatic heterocycles. The Balaban J connectivity index is 2.83. The summed E-state index contributed by atoms with van der Waals surface area (Å²) in [4.78, 5) is 13.8. The monoisotopic (exact) mass is 246 g/mol. The lowest BCUT2D eigenvalue weighted by atomic mass is 10.4. The topological polar surface area (TPSA) is 90.1 Å². The van der Waals surface area contributed by atoms with Gasteiger partial charge in [-0.15, -0.1) is 0 Å². The number of hydrogen-bond acceptors (Lipinski definition) is 5. The van der Waals surface area contributed by atoms with Crippen LogP contribution >= 0.6 is 0 Å². The minimum atomic E-state index is -0.943. The number of nitrogens with zero attached hydrogens (tertiary/aromatic N) is 3. The number of nitro groups is 1. The Morgan fingerprint density at radius 1 is 1.75 bits per heavy atom. The molecule has 0 bridgehead atoms. The van der Waals surface area contributed by atoms with Crippen LogP contribution in [0.25, 0.3) is 0 Å². The van der Waals surface area contributed by atoms with Crippen LogP contribution in [-0.2, 0) is 17.8 Å². The second-order valence-electron chi connectivity index (χ2n) is 3.57. The second kappa shape index (κ2) is 5.06. The van der Waals surface area contributed by atoms with Gasteiger partial charge in [-0.3, -0.25) is 8.78 Å². The number of aryl methyl sites for hydroxylation is 1. The van der Waals surface area contributed by atoms with E-state index in [4.69, 9.17) is 0 Å². The largest absolute Gasteiger partial charge is 0.406 e. The predicted molar refractivity (Wildman–Crippen MR) is 61.9 cm³/mol. The fraction of sp³-hybridized carbons (Fsp3) is 0.625. The summed E-state index contributed by atoms with van der Waals surface area (Å²) in [5.74, 6) is 0.557. The molecule has 0 aromatic carbocycles. The Labute approximate surface area is 95.5 Å². The van der Waals surface area contributed by atoms with Gasteiger partial charge in [-0.1, -0.05) is 0 Å². The van der Waals surface area contributed by atoms with Crippen molar-refractivity contribution in [2.24, 2.45) is 7.05 Å². The number of hydrogen-bond donors (Lipinski definition) is 1. The summed E-state index contributed by atoms with van der Waals surface area (Å²) in [6, 6.07) is -0.111. The Morgan fingerprint density at radius 2 is 2.38 bits per heavy atom. The standard InChI is InChI=1S/C8H14N4O3S/c1-6(4-16(3)15)10-8-7(12(13)14)9-5-11(8)2/h5-6,10H,4H2,1-3H3. The molecule has 1 N–H and O–H groups in total. The normalized spacial score (nSPS) is 14.4. The summed E-state index contributed by atoms with van der Waals surface area (Å²) >= 11 is 0. The Bertz CT molecular complexity index is 417. The first-order chi connectivity index (χ1) is 7.41. The zero-order valence-electron chi connectivity index (χ0n) is 9.34. The average molecular weight is 246 g/mol. The van der Waals surface area contributed by atoms with Crippen LogP contribution in [0.2, 0.25) is 0 Å². The molecule has 0 aliphatic carbocycles. The van der Waals surface area contributed by atoms with Gasteiger partial charge in [-0.05, 0) is 16.8 Å². The summed E-state index contributed by atoms with van der Waals surface area (Å²) < 4.78 is 12.5. The summed E-state index contributed by atoms with van der Waals surface area (Å²) in [5, 5.41) is 13.6. The number of anilines is 1. The highest BCUT2D eigenvalue weighted by Crippen LogP contribution is 2.21. The van der Waals surface area contributed by atoms with Gasteiger partial charge in [0.15, 0.2) is 0 Å². The fourth-order valence-electron chi connectivity index (χ4n) is 1.35. The summed E-state index contributed by atoms with van der Waals surface area (Å²) in [5.41, 5.74) is 0. The van der Waals surface area contributed by atoms with Crippen LogP contribution < -0.4 is 5.32 Å². The molecule has 2 atom stereocenters. The van der Waals surface area contributed by atoms with E-state index in [0.717, 1.165) is 0 Å². The van der Waals surface area contributed by atoms with Crippen molar-refractivity contribution in [3.8, 4) is 0 Å². The van der Waals surface area contributed by atoms with Crippen molar-refractivity contribution in [1.29, 1.82) is 0 Å². The molecule has 0 aliphatic rings. The zero-order chi connectivity index (χ0) is 12.3. The molecule has 16 heavy (non-hydrogen) atoms. The van der Waals surface area contributed by atoms with Crippen LogP contribution in [0.15, 0.2) is 6.33 Å². The van der Waals surface area contributed by atoms with Crippen molar-refractivity contribution in [3.05, 3.63) is 16.4 Å². The molecule has 2 unspecified atom stereocenters. The molecule has 0 aliphatic heterocycles. The third-order valence-corrected chi connectivity index (χ3v) is 2.93. The van der Waals surface area contributed by atoms with E-state index in [1.807, 2.05) is 6.92 Å². The average Bonchev–Trinajstić information content (AvgIpc) is 2.46. The molecule has 0 saturated heterocycles. The van der Waals surface area contributed by atoms with E-state index >= 15 is 0 Å². The van der Waals surface area contributed by atoms with Crippen molar-refractivity contribution in [3.63, 3.8) is 0 Å². The first-order valence-corrected chi connectivity index (χ1v) is 6.36. The smallest absolute Gasteiger partial charge is 0.361 e. The Hall–Kier alpha value is -1.44. The van der Waals surface area contributed by atoms with Gasteiger partial charge in [0, 0.05) is 35.9 Å². The van der Waals surface area contributed by atoms with E-state index in [9.17, 15) is 14.3 Å². The molecule has 1 rings (SSSR count). The van der Waals surface area contributed by atoms with E-state index in [1.165, 1.54) is 10.9 Å². The van der Waals surface area contributed by atoms with E-state index in [1.54, 1.807) is 13.3 Å². The molecule has 7 nitrogen and oxygen atoms in total. The van der Waals surface area contributed by atoms with Crippen LogP contribution in [0.1, 0.15) is 6.92 Å². The minimum absolute atomic E-state index is 0.111. The van der Waals surface area contributed by atoms with E-state index in [-0.39, 0.29) is 11.9 Å². The van der Waals surface area contributed by atoms with E-state index in [0.29, 0.717) is 11.6 Å². The highest BCUT2D eigenvalue weighted by Gasteiger charge is 2.21. The molecular weight excluding hydrogens is 232 g/mol. The third-order valence-electron chi connectivity index (χ3n) is 1.96. The lowest BCUT2D eigenvalue weighted by Crippen LogP contribution is -2.23. The molecule has 0 spiro atoms. The van der Waals surface area contributed by atoms with Crippen LogP contribution in [0.5, 0.6) is 0 Å². The molecule has 1 aromatic rings.